The highest BCUT2D eigenvalue weighted by Crippen LogP contribution is 2.29. The molecule has 1 heterocycles. The van der Waals surface area contributed by atoms with Crippen molar-refractivity contribution in [2.45, 2.75) is 41.2 Å². The zero-order chi connectivity index (χ0) is 15.5. The number of nitrogens with zero attached hydrogens (tertiary/aromatic N) is 1. The first-order valence-corrected chi connectivity index (χ1v) is 6.94. The molecule has 0 unspecified atom stereocenters. The number of methoxy groups -OCH3 is 1. The fourth-order valence-corrected chi connectivity index (χ4v) is 1.80. The Balaban J connectivity index is 0.000000829. The largest absolute Gasteiger partial charge is 0.496 e. The van der Waals surface area contributed by atoms with Crippen molar-refractivity contribution < 1.29 is 9.53 Å². The molecule has 0 aliphatic heterocycles. The molecule has 0 atom stereocenters. The van der Waals surface area contributed by atoms with Gasteiger partial charge in [0.25, 0.3) is 0 Å². The van der Waals surface area contributed by atoms with Gasteiger partial charge in [0.2, 0.25) is 6.41 Å². The number of aromatic amines is 1. The number of rotatable bonds is 4. The molecule has 0 aliphatic rings. The van der Waals surface area contributed by atoms with Crippen LogP contribution in [0.3, 0.4) is 0 Å². The number of ether oxygens (including phenoxy) is 1. The summed E-state index contributed by atoms with van der Waals surface area (Å²) in [5.74, 6) is 0.753. The lowest BCUT2D eigenvalue weighted by Gasteiger charge is -2.10. The van der Waals surface area contributed by atoms with E-state index in [4.69, 9.17) is 4.74 Å². The van der Waals surface area contributed by atoms with Crippen molar-refractivity contribution in [3.63, 3.8) is 0 Å². The molecule has 5 nitrogen and oxygen atoms in total. The lowest BCUT2D eigenvalue weighted by Crippen LogP contribution is -2.11. The third kappa shape index (κ3) is 3.98. The number of hydrogen-bond donors (Lipinski definition) is 2. The summed E-state index contributed by atoms with van der Waals surface area (Å²) in [6.45, 7) is 10.4. The monoisotopic (exact) mass is 279 g/mol. The molecular weight excluding hydrogens is 254 g/mol. The number of aryl methyl sites for hydroxylation is 1. The van der Waals surface area contributed by atoms with E-state index in [-0.39, 0.29) is 0 Å². The average Bonchev–Trinajstić information content (AvgIpc) is 3.00. The zero-order valence-corrected chi connectivity index (χ0v) is 13.2. The first kappa shape index (κ1) is 18.0. The molecule has 20 heavy (non-hydrogen) atoms. The highest BCUT2D eigenvalue weighted by atomic mass is 16.5. The van der Waals surface area contributed by atoms with E-state index in [1.807, 2.05) is 40.7 Å². The number of nitrogens with one attached hydrogen (secondary N) is 2. The first-order valence-electron chi connectivity index (χ1n) is 6.94. The van der Waals surface area contributed by atoms with Crippen LogP contribution in [0.4, 0.5) is 0 Å². The lowest BCUT2D eigenvalue weighted by molar-refractivity contribution is -0.109. The molecule has 0 fully saturated rings. The minimum Gasteiger partial charge on any atom is -0.496 e. The lowest BCUT2D eigenvalue weighted by atomic mass is 10.1. The van der Waals surface area contributed by atoms with E-state index in [9.17, 15) is 4.79 Å². The maximum Gasteiger partial charge on any atom is 0.207 e. The minimum atomic E-state index is 0.422. The predicted octanol–water partition coefficient (Wildman–Crippen LogP) is 3.18. The summed E-state index contributed by atoms with van der Waals surface area (Å²) in [6, 6.07) is 1.94. The highest BCUT2D eigenvalue weighted by Gasteiger charge is 2.11. The van der Waals surface area contributed by atoms with E-state index in [2.05, 4.69) is 15.5 Å². The molecule has 0 saturated carbocycles. The molecule has 1 aromatic carbocycles. The van der Waals surface area contributed by atoms with Crippen LogP contribution in [0.5, 0.6) is 5.75 Å². The summed E-state index contributed by atoms with van der Waals surface area (Å²) in [5, 5.41) is 10.6. The van der Waals surface area contributed by atoms with E-state index >= 15 is 0 Å². The Bertz CT molecular complexity index is 521. The van der Waals surface area contributed by atoms with Gasteiger partial charge >= 0.3 is 0 Å². The van der Waals surface area contributed by atoms with Gasteiger partial charge < -0.3 is 10.1 Å². The van der Waals surface area contributed by atoms with Crippen LogP contribution in [0.25, 0.3) is 10.9 Å². The van der Waals surface area contributed by atoms with Gasteiger partial charge in [-0.3, -0.25) is 9.89 Å². The summed E-state index contributed by atoms with van der Waals surface area (Å²) in [4.78, 5) is 10.3. The Kier molecular flexibility index (Phi) is 8.83. The molecule has 2 aromatic rings. The molecule has 0 spiro atoms. The Morgan fingerprint density at radius 2 is 2.00 bits per heavy atom. The van der Waals surface area contributed by atoms with Crippen molar-refractivity contribution in [2.24, 2.45) is 0 Å². The van der Waals surface area contributed by atoms with Crippen molar-refractivity contribution in [3.8, 4) is 5.75 Å². The van der Waals surface area contributed by atoms with Crippen LogP contribution in [0, 0.1) is 6.92 Å². The van der Waals surface area contributed by atoms with Crippen LogP contribution in [0.2, 0.25) is 0 Å². The normalized spacial score (nSPS) is 8.90. The summed E-state index contributed by atoms with van der Waals surface area (Å²) in [7, 11) is 1.61. The third-order valence-corrected chi connectivity index (χ3v) is 2.59. The standard InChI is InChI=1S/C11H13N3O2.2C2H6/c1-7-3-10(16-2)9(4-12-6-15)11-8(7)5-13-14-11;2*1-2/h3,5-6H,4H2,1-2H3,(H,12,15)(H,13,14);2*1-2H3. The van der Waals surface area contributed by atoms with Crippen molar-refractivity contribution in [3.05, 3.63) is 23.4 Å². The molecule has 0 bridgehead atoms. The third-order valence-electron chi connectivity index (χ3n) is 2.59. The number of benzene rings is 1. The molecule has 2 rings (SSSR count). The second kappa shape index (κ2) is 9.83. The second-order valence-corrected chi connectivity index (χ2v) is 3.53. The van der Waals surface area contributed by atoms with E-state index in [0.29, 0.717) is 13.0 Å². The SMILES string of the molecule is CC.CC.COc1cc(C)c2cn[nH]c2c1CNC=O. The Morgan fingerprint density at radius 3 is 2.55 bits per heavy atom. The fraction of sp³-hybridized carbons (Fsp3) is 0.467. The van der Waals surface area contributed by atoms with E-state index in [0.717, 1.165) is 27.8 Å². The van der Waals surface area contributed by atoms with Gasteiger partial charge in [-0.25, -0.2) is 0 Å². The topological polar surface area (TPSA) is 67.0 Å². The highest BCUT2D eigenvalue weighted by molar-refractivity contribution is 5.87. The number of carbonyl (C=O) groups is 1. The molecule has 0 saturated heterocycles. The molecule has 1 aromatic heterocycles. The van der Waals surface area contributed by atoms with E-state index < -0.39 is 0 Å². The number of carbonyl (C=O) groups excluding carboxylic acids is 1. The average molecular weight is 279 g/mol. The van der Waals surface area contributed by atoms with Gasteiger partial charge in [0, 0.05) is 17.5 Å². The maximum absolute atomic E-state index is 10.3. The number of aromatic nitrogens is 2. The van der Waals surface area contributed by atoms with Gasteiger partial charge in [0.05, 0.1) is 18.8 Å². The van der Waals surface area contributed by atoms with Crippen LogP contribution in [-0.2, 0) is 11.3 Å². The molecule has 0 radical (unpaired) electrons. The summed E-state index contributed by atoms with van der Waals surface area (Å²) in [6.07, 6.45) is 2.44. The molecule has 2 N–H and O–H groups in total. The minimum absolute atomic E-state index is 0.422. The fourth-order valence-electron chi connectivity index (χ4n) is 1.80. The molecular formula is C15H25N3O2. The van der Waals surface area contributed by atoms with E-state index in [1.165, 1.54) is 0 Å². The summed E-state index contributed by atoms with van der Waals surface area (Å²) in [5.41, 5.74) is 2.91. The van der Waals surface area contributed by atoms with Gasteiger partial charge in [-0.2, -0.15) is 5.10 Å². The summed E-state index contributed by atoms with van der Waals surface area (Å²) < 4.78 is 5.30. The van der Waals surface area contributed by atoms with Crippen LogP contribution < -0.4 is 10.1 Å². The Morgan fingerprint density at radius 1 is 1.35 bits per heavy atom. The Hall–Kier alpha value is -2.04. The number of fused-ring (bicyclic) bond motifs is 1. The van der Waals surface area contributed by atoms with Crippen LogP contribution in [0.15, 0.2) is 12.3 Å². The van der Waals surface area contributed by atoms with Crippen LogP contribution in [0.1, 0.15) is 38.8 Å². The van der Waals surface area contributed by atoms with Crippen molar-refractivity contribution in [2.75, 3.05) is 7.11 Å². The van der Waals surface area contributed by atoms with Crippen molar-refractivity contribution >= 4 is 17.3 Å². The van der Waals surface area contributed by atoms with Crippen LogP contribution in [-0.4, -0.2) is 23.7 Å². The number of hydrogen-bond acceptors (Lipinski definition) is 3. The van der Waals surface area contributed by atoms with Crippen molar-refractivity contribution in [1.29, 1.82) is 0 Å². The number of amides is 1. The molecule has 112 valence electrons. The van der Waals surface area contributed by atoms with Crippen LogP contribution >= 0.6 is 0 Å². The Labute approximate surface area is 120 Å². The summed E-state index contributed by atoms with van der Waals surface area (Å²) >= 11 is 0. The molecule has 1 amide bonds. The van der Waals surface area contributed by atoms with Crippen molar-refractivity contribution in [1.82, 2.24) is 15.5 Å². The quantitative estimate of drug-likeness (QED) is 0.845. The van der Waals surface area contributed by atoms with Gasteiger partial charge in [-0.15, -0.1) is 0 Å². The van der Waals surface area contributed by atoms with Gasteiger partial charge in [0.1, 0.15) is 5.75 Å². The smallest absolute Gasteiger partial charge is 0.207 e. The zero-order valence-electron chi connectivity index (χ0n) is 13.2. The van der Waals surface area contributed by atoms with Gasteiger partial charge in [-0.05, 0) is 18.6 Å². The van der Waals surface area contributed by atoms with E-state index in [1.54, 1.807) is 13.3 Å². The first-order chi connectivity index (χ1) is 9.77. The number of H-pyrrole nitrogens is 1. The second-order valence-electron chi connectivity index (χ2n) is 3.53. The van der Waals surface area contributed by atoms with Gasteiger partial charge in [0.15, 0.2) is 0 Å². The molecule has 5 heteroatoms. The van der Waals surface area contributed by atoms with Gasteiger partial charge in [-0.1, -0.05) is 27.7 Å². The molecule has 0 aliphatic carbocycles. The predicted molar refractivity (Wildman–Crippen MR) is 83.0 cm³/mol. The maximum atomic E-state index is 10.3.